The van der Waals surface area contributed by atoms with Crippen molar-refractivity contribution in [2.75, 3.05) is 16.9 Å². The molecule has 6 heteroatoms. The van der Waals surface area contributed by atoms with E-state index in [0.717, 1.165) is 28.1 Å². The zero-order valence-corrected chi connectivity index (χ0v) is 16.7. The Bertz CT molecular complexity index is 899. The summed E-state index contributed by atoms with van der Waals surface area (Å²) in [4.78, 5) is 25.3. The quantitative estimate of drug-likeness (QED) is 0.803. The third-order valence-corrected chi connectivity index (χ3v) is 4.67. The summed E-state index contributed by atoms with van der Waals surface area (Å²) in [5, 5.41) is 9.03. The summed E-state index contributed by atoms with van der Waals surface area (Å²) in [7, 11) is 0. The Hall–Kier alpha value is -3.15. The molecule has 2 aromatic carbocycles. The number of nitrogens with one attached hydrogen (secondary N) is 1. The summed E-state index contributed by atoms with van der Waals surface area (Å²) in [6.07, 6.45) is 0.198. The number of rotatable bonds is 5. The normalized spacial score (nSPS) is 15.9. The van der Waals surface area contributed by atoms with Crippen molar-refractivity contribution in [1.29, 1.82) is 0 Å². The lowest BCUT2D eigenvalue weighted by atomic mass is 10.0. The van der Waals surface area contributed by atoms with Gasteiger partial charge >= 0.3 is 5.97 Å². The molecule has 1 N–H and O–H groups in total. The average molecular weight is 379 g/mol. The first-order valence-electron chi connectivity index (χ1n) is 9.38. The molecule has 1 heterocycles. The van der Waals surface area contributed by atoms with Crippen molar-refractivity contribution in [3.05, 3.63) is 59.2 Å². The summed E-state index contributed by atoms with van der Waals surface area (Å²) in [6, 6.07) is 12.8. The molecule has 1 unspecified atom stereocenters. The van der Waals surface area contributed by atoms with Gasteiger partial charge in [-0.15, -0.1) is 0 Å². The van der Waals surface area contributed by atoms with Crippen LogP contribution in [0.1, 0.15) is 30.0 Å². The van der Waals surface area contributed by atoms with E-state index in [9.17, 15) is 9.59 Å². The lowest BCUT2D eigenvalue weighted by molar-refractivity contribution is -0.135. The lowest BCUT2D eigenvalue weighted by Crippen LogP contribution is -2.39. The summed E-state index contributed by atoms with van der Waals surface area (Å²) >= 11 is 0. The molecular formula is C22H25N3O3. The van der Waals surface area contributed by atoms with E-state index in [-0.39, 0.29) is 24.6 Å². The molecule has 0 aliphatic carbocycles. The fraction of sp³-hybridized carbons (Fsp3) is 0.318. The van der Waals surface area contributed by atoms with Gasteiger partial charge in [0.15, 0.2) is 0 Å². The Kier molecular flexibility index (Phi) is 5.78. The molecule has 6 nitrogen and oxygen atoms in total. The molecule has 0 aromatic heterocycles. The lowest BCUT2D eigenvalue weighted by Gasteiger charge is -2.23. The Morgan fingerprint density at radius 3 is 2.39 bits per heavy atom. The minimum Gasteiger partial charge on any atom is -0.461 e. The minimum absolute atomic E-state index is 0.198. The van der Waals surface area contributed by atoms with Crippen LogP contribution in [0.15, 0.2) is 47.6 Å². The highest BCUT2D eigenvalue weighted by molar-refractivity contribution is 6.38. The second-order valence-electron chi connectivity index (χ2n) is 6.93. The van der Waals surface area contributed by atoms with Gasteiger partial charge in [0, 0.05) is 12.1 Å². The molecule has 28 heavy (non-hydrogen) atoms. The molecule has 0 bridgehead atoms. The molecule has 1 aliphatic heterocycles. The van der Waals surface area contributed by atoms with Crippen LogP contribution >= 0.6 is 0 Å². The van der Waals surface area contributed by atoms with E-state index in [0.29, 0.717) is 0 Å². The number of ether oxygens (including phenoxy) is 1. The second-order valence-corrected chi connectivity index (χ2v) is 6.93. The fourth-order valence-corrected chi connectivity index (χ4v) is 3.45. The summed E-state index contributed by atoms with van der Waals surface area (Å²) < 4.78 is 5.08. The van der Waals surface area contributed by atoms with E-state index >= 15 is 0 Å². The standard InChI is InChI=1S/C22H25N3O3/c1-5-28-22(27)18-13-19(25(24-18)17-9-7-6-8-10-17)21(26)23-20-15(3)11-14(2)12-16(20)4/h6-12,19H,5,13H2,1-4H3,(H,23,26). The minimum atomic E-state index is -0.623. The predicted molar refractivity (Wildman–Crippen MR) is 111 cm³/mol. The number of esters is 1. The predicted octanol–water partition coefficient (Wildman–Crippen LogP) is 3.75. The molecule has 0 saturated carbocycles. The third-order valence-electron chi connectivity index (χ3n) is 4.67. The number of hydrogen-bond acceptors (Lipinski definition) is 5. The molecule has 1 atom stereocenters. The molecule has 146 valence electrons. The maximum Gasteiger partial charge on any atom is 0.354 e. The van der Waals surface area contributed by atoms with Crippen LogP contribution in [0.25, 0.3) is 0 Å². The highest BCUT2D eigenvalue weighted by atomic mass is 16.5. The maximum atomic E-state index is 13.1. The molecule has 0 radical (unpaired) electrons. The number of aryl methyl sites for hydroxylation is 3. The zero-order chi connectivity index (χ0) is 20.3. The number of benzene rings is 2. The SMILES string of the molecule is CCOC(=O)C1=NN(c2ccccc2)C(C(=O)Nc2c(C)cc(C)cc2C)C1. The van der Waals surface area contributed by atoms with E-state index in [1.807, 2.05) is 63.2 Å². The second kappa shape index (κ2) is 8.25. The number of nitrogens with zero attached hydrogens (tertiary/aromatic N) is 2. The number of carbonyl (C=O) groups is 2. The number of hydrogen-bond donors (Lipinski definition) is 1. The van der Waals surface area contributed by atoms with Crippen LogP contribution in [0.4, 0.5) is 11.4 Å². The van der Waals surface area contributed by atoms with Crippen LogP contribution in [0.3, 0.4) is 0 Å². The van der Waals surface area contributed by atoms with Crippen molar-refractivity contribution in [2.24, 2.45) is 5.10 Å². The van der Waals surface area contributed by atoms with E-state index < -0.39 is 12.0 Å². The van der Waals surface area contributed by atoms with Crippen LogP contribution in [0.2, 0.25) is 0 Å². The highest BCUT2D eigenvalue weighted by Crippen LogP contribution is 2.28. The summed E-state index contributed by atoms with van der Waals surface area (Å²) in [5.74, 6) is -0.691. The molecule has 2 aromatic rings. The van der Waals surface area contributed by atoms with Crippen molar-refractivity contribution in [1.82, 2.24) is 0 Å². The van der Waals surface area contributed by atoms with Gasteiger partial charge in [-0.25, -0.2) is 4.79 Å². The summed E-state index contributed by atoms with van der Waals surface area (Å²) in [5.41, 5.74) is 4.95. The van der Waals surface area contributed by atoms with Gasteiger partial charge in [-0.1, -0.05) is 35.9 Å². The summed E-state index contributed by atoms with van der Waals surface area (Å²) in [6.45, 7) is 7.98. The van der Waals surface area contributed by atoms with Crippen molar-refractivity contribution in [2.45, 2.75) is 40.2 Å². The van der Waals surface area contributed by atoms with Crippen LogP contribution in [-0.2, 0) is 14.3 Å². The molecule has 0 saturated heterocycles. The first-order chi connectivity index (χ1) is 13.4. The maximum absolute atomic E-state index is 13.1. The number of amides is 1. The molecule has 1 amide bonds. The first-order valence-corrected chi connectivity index (χ1v) is 9.38. The van der Waals surface area contributed by atoms with Gasteiger partial charge in [0.2, 0.25) is 5.91 Å². The van der Waals surface area contributed by atoms with Crippen molar-refractivity contribution in [3.63, 3.8) is 0 Å². The molecule has 3 rings (SSSR count). The van der Waals surface area contributed by atoms with Gasteiger partial charge in [-0.3, -0.25) is 9.80 Å². The van der Waals surface area contributed by atoms with Crippen LogP contribution < -0.4 is 10.3 Å². The van der Waals surface area contributed by atoms with Crippen molar-refractivity contribution >= 4 is 29.0 Å². The van der Waals surface area contributed by atoms with E-state index in [4.69, 9.17) is 4.74 Å². The van der Waals surface area contributed by atoms with Crippen LogP contribution in [-0.4, -0.2) is 30.2 Å². The molecule has 1 aliphatic rings. The van der Waals surface area contributed by atoms with Crippen molar-refractivity contribution < 1.29 is 14.3 Å². The van der Waals surface area contributed by atoms with Gasteiger partial charge in [-0.05, 0) is 51.0 Å². The van der Waals surface area contributed by atoms with E-state index in [1.54, 1.807) is 11.9 Å². The highest BCUT2D eigenvalue weighted by Gasteiger charge is 2.37. The van der Waals surface area contributed by atoms with E-state index in [2.05, 4.69) is 10.4 Å². The van der Waals surface area contributed by atoms with Crippen LogP contribution in [0, 0.1) is 20.8 Å². The van der Waals surface area contributed by atoms with Gasteiger partial charge in [0.25, 0.3) is 0 Å². The van der Waals surface area contributed by atoms with Gasteiger partial charge in [0.1, 0.15) is 11.8 Å². The largest absolute Gasteiger partial charge is 0.461 e. The number of hydrazone groups is 1. The molecular weight excluding hydrogens is 354 g/mol. The Labute approximate surface area is 165 Å². The number of anilines is 2. The topological polar surface area (TPSA) is 71.0 Å². The number of para-hydroxylation sites is 1. The number of carbonyl (C=O) groups excluding carboxylic acids is 2. The third kappa shape index (κ3) is 4.06. The Balaban J connectivity index is 1.88. The Morgan fingerprint density at radius 2 is 1.79 bits per heavy atom. The van der Waals surface area contributed by atoms with Gasteiger partial charge in [-0.2, -0.15) is 5.10 Å². The van der Waals surface area contributed by atoms with Gasteiger partial charge < -0.3 is 10.1 Å². The smallest absolute Gasteiger partial charge is 0.354 e. The van der Waals surface area contributed by atoms with Gasteiger partial charge in [0.05, 0.1) is 12.3 Å². The molecule has 0 spiro atoms. The molecule has 0 fully saturated rings. The average Bonchev–Trinajstić information content (AvgIpc) is 3.11. The van der Waals surface area contributed by atoms with Crippen LogP contribution in [0.5, 0.6) is 0 Å². The van der Waals surface area contributed by atoms with E-state index in [1.165, 1.54) is 0 Å². The van der Waals surface area contributed by atoms with Crippen molar-refractivity contribution in [3.8, 4) is 0 Å². The Morgan fingerprint density at radius 1 is 1.14 bits per heavy atom. The fourth-order valence-electron chi connectivity index (χ4n) is 3.45. The first kappa shape index (κ1) is 19.6. The zero-order valence-electron chi connectivity index (χ0n) is 16.7. The monoisotopic (exact) mass is 379 g/mol.